The summed E-state index contributed by atoms with van der Waals surface area (Å²) in [7, 11) is 1.63. The van der Waals surface area contributed by atoms with E-state index >= 15 is 0 Å². The van der Waals surface area contributed by atoms with Gasteiger partial charge >= 0.3 is 0 Å². The molecule has 28 heavy (non-hydrogen) atoms. The molecule has 0 aliphatic carbocycles. The van der Waals surface area contributed by atoms with Crippen molar-refractivity contribution in [3.8, 4) is 5.75 Å². The van der Waals surface area contributed by atoms with Gasteiger partial charge < -0.3 is 9.47 Å². The molecule has 140 valence electrons. The van der Waals surface area contributed by atoms with Crippen molar-refractivity contribution in [2.75, 3.05) is 12.0 Å². The van der Waals surface area contributed by atoms with Crippen LogP contribution in [0.4, 0.5) is 5.69 Å². The van der Waals surface area contributed by atoms with E-state index in [9.17, 15) is 4.79 Å². The molecule has 1 amide bonds. The summed E-state index contributed by atoms with van der Waals surface area (Å²) >= 11 is 0. The van der Waals surface area contributed by atoms with Crippen molar-refractivity contribution < 1.29 is 14.3 Å². The summed E-state index contributed by atoms with van der Waals surface area (Å²) in [5.41, 5.74) is 3.76. The number of fused-ring (bicyclic) bond motifs is 1. The lowest BCUT2D eigenvalue weighted by Crippen LogP contribution is -2.38. The van der Waals surface area contributed by atoms with Crippen LogP contribution in [0.1, 0.15) is 22.9 Å². The molecule has 1 atom stereocenters. The van der Waals surface area contributed by atoms with E-state index in [2.05, 4.69) is 0 Å². The van der Waals surface area contributed by atoms with E-state index < -0.39 is 6.23 Å². The fourth-order valence-electron chi connectivity index (χ4n) is 3.30. The van der Waals surface area contributed by atoms with Crippen LogP contribution in [-0.4, -0.2) is 13.0 Å². The predicted molar refractivity (Wildman–Crippen MR) is 110 cm³/mol. The summed E-state index contributed by atoms with van der Waals surface area (Å²) in [6.45, 7) is 0.474. The van der Waals surface area contributed by atoms with Gasteiger partial charge in [0.05, 0.1) is 19.4 Å². The van der Waals surface area contributed by atoms with Gasteiger partial charge in [-0.3, -0.25) is 9.69 Å². The van der Waals surface area contributed by atoms with E-state index in [-0.39, 0.29) is 5.91 Å². The zero-order valence-electron chi connectivity index (χ0n) is 15.6. The average molecular weight is 371 g/mol. The molecule has 0 radical (unpaired) electrons. The molecule has 3 aromatic rings. The molecule has 0 fully saturated rings. The van der Waals surface area contributed by atoms with Crippen molar-refractivity contribution in [2.45, 2.75) is 12.8 Å². The summed E-state index contributed by atoms with van der Waals surface area (Å²) < 4.78 is 11.2. The van der Waals surface area contributed by atoms with E-state index in [4.69, 9.17) is 9.47 Å². The van der Waals surface area contributed by atoms with E-state index in [0.717, 1.165) is 28.1 Å². The Morgan fingerprint density at radius 2 is 1.71 bits per heavy atom. The highest BCUT2D eigenvalue weighted by molar-refractivity contribution is 6.04. The SMILES string of the molecule is COc1ccc(/C=C/C(=O)N2c3ccccc3CO[C@H]2c2ccccc2)cc1. The number of benzene rings is 3. The third-order valence-corrected chi connectivity index (χ3v) is 4.74. The Hall–Kier alpha value is -3.37. The lowest BCUT2D eigenvalue weighted by atomic mass is 10.1. The van der Waals surface area contributed by atoms with Crippen molar-refractivity contribution in [1.82, 2.24) is 0 Å². The topological polar surface area (TPSA) is 38.8 Å². The molecule has 1 heterocycles. The van der Waals surface area contributed by atoms with Crippen LogP contribution in [0.2, 0.25) is 0 Å². The summed E-state index contributed by atoms with van der Waals surface area (Å²) in [5.74, 6) is 0.655. The maximum Gasteiger partial charge on any atom is 0.253 e. The van der Waals surface area contributed by atoms with E-state index in [1.165, 1.54) is 0 Å². The number of rotatable bonds is 4. The Morgan fingerprint density at radius 1 is 1.00 bits per heavy atom. The average Bonchev–Trinajstić information content (AvgIpc) is 2.77. The van der Waals surface area contributed by atoms with Crippen molar-refractivity contribution >= 4 is 17.7 Å². The van der Waals surface area contributed by atoms with Crippen LogP contribution in [0, 0.1) is 0 Å². The Labute approximate surface area is 164 Å². The van der Waals surface area contributed by atoms with Crippen LogP contribution in [0.25, 0.3) is 6.08 Å². The fraction of sp³-hybridized carbons (Fsp3) is 0.125. The number of anilines is 1. The molecular formula is C24H21NO3. The van der Waals surface area contributed by atoms with E-state index in [0.29, 0.717) is 6.61 Å². The lowest BCUT2D eigenvalue weighted by Gasteiger charge is -2.36. The third kappa shape index (κ3) is 3.68. The van der Waals surface area contributed by atoms with Crippen molar-refractivity contribution in [2.24, 2.45) is 0 Å². The first-order valence-corrected chi connectivity index (χ1v) is 9.16. The minimum absolute atomic E-state index is 0.128. The number of amides is 1. The standard InChI is InChI=1S/C24H21NO3/c1-27-21-14-11-18(12-15-21)13-16-23(26)25-22-10-6-5-9-20(22)17-28-24(25)19-7-3-2-4-8-19/h2-16,24H,17H2,1H3/b16-13+/t24-/m0/s1. The van der Waals surface area contributed by atoms with Crippen LogP contribution in [0.5, 0.6) is 5.75 Å². The fourth-order valence-corrected chi connectivity index (χ4v) is 3.30. The van der Waals surface area contributed by atoms with Gasteiger partial charge in [-0.15, -0.1) is 0 Å². The number of carbonyl (C=O) groups is 1. The number of hydrogen-bond acceptors (Lipinski definition) is 3. The maximum absolute atomic E-state index is 13.2. The molecule has 0 N–H and O–H groups in total. The highest BCUT2D eigenvalue weighted by Crippen LogP contribution is 2.36. The van der Waals surface area contributed by atoms with Gasteiger partial charge in [0.25, 0.3) is 5.91 Å². The zero-order valence-corrected chi connectivity index (χ0v) is 15.6. The van der Waals surface area contributed by atoms with Crippen LogP contribution < -0.4 is 9.64 Å². The molecule has 1 aliphatic heterocycles. The number of para-hydroxylation sites is 1. The molecule has 4 rings (SSSR count). The first-order valence-electron chi connectivity index (χ1n) is 9.16. The molecule has 1 aliphatic rings. The molecule has 0 bridgehead atoms. The maximum atomic E-state index is 13.2. The van der Waals surface area contributed by atoms with Gasteiger partial charge in [-0.1, -0.05) is 60.7 Å². The third-order valence-electron chi connectivity index (χ3n) is 4.74. The largest absolute Gasteiger partial charge is 0.497 e. The molecule has 3 aromatic carbocycles. The highest BCUT2D eigenvalue weighted by atomic mass is 16.5. The highest BCUT2D eigenvalue weighted by Gasteiger charge is 2.31. The molecule has 4 heteroatoms. The molecular weight excluding hydrogens is 350 g/mol. The quantitative estimate of drug-likeness (QED) is 0.608. The normalized spacial score (nSPS) is 16.0. The Bertz CT molecular complexity index is 980. The Kier molecular flexibility index (Phi) is 5.22. The van der Waals surface area contributed by atoms with Crippen LogP contribution in [0.3, 0.4) is 0 Å². The van der Waals surface area contributed by atoms with Gasteiger partial charge in [0.1, 0.15) is 5.75 Å². The molecule has 0 saturated heterocycles. The first kappa shape index (κ1) is 18.0. The van der Waals surface area contributed by atoms with E-state index in [1.54, 1.807) is 24.2 Å². The second kappa shape index (κ2) is 8.11. The molecule has 0 saturated carbocycles. The van der Waals surface area contributed by atoms with Crippen molar-refractivity contribution in [3.05, 3.63) is 102 Å². The van der Waals surface area contributed by atoms with Crippen LogP contribution >= 0.6 is 0 Å². The molecule has 0 spiro atoms. The summed E-state index contributed by atoms with van der Waals surface area (Å²) in [6.07, 6.45) is 2.94. The number of carbonyl (C=O) groups excluding carboxylic acids is 1. The second-order valence-electron chi connectivity index (χ2n) is 6.52. The number of nitrogens with zero attached hydrogens (tertiary/aromatic N) is 1. The van der Waals surface area contributed by atoms with Gasteiger partial charge in [-0.05, 0) is 29.8 Å². The smallest absolute Gasteiger partial charge is 0.253 e. The Morgan fingerprint density at radius 3 is 2.46 bits per heavy atom. The van der Waals surface area contributed by atoms with Crippen molar-refractivity contribution in [1.29, 1.82) is 0 Å². The number of methoxy groups -OCH3 is 1. The number of hydrogen-bond donors (Lipinski definition) is 0. The number of ether oxygens (including phenoxy) is 2. The predicted octanol–water partition coefficient (Wildman–Crippen LogP) is 4.97. The van der Waals surface area contributed by atoms with Gasteiger partial charge in [-0.25, -0.2) is 0 Å². The molecule has 0 unspecified atom stereocenters. The minimum Gasteiger partial charge on any atom is -0.497 e. The molecule has 0 aromatic heterocycles. The van der Waals surface area contributed by atoms with Crippen molar-refractivity contribution in [3.63, 3.8) is 0 Å². The van der Waals surface area contributed by atoms with Gasteiger partial charge in [0.15, 0.2) is 6.23 Å². The van der Waals surface area contributed by atoms with Gasteiger partial charge in [-0.2, -0.15) is 0 Å². The monoisotopic (exact) mass is 371 g/mol. The second-order valence-corrected chi connectivity index (χ2v) is 6.52. The lowest BCUT2D eigenvalue weighted by molar-refractivity contribution is -0.117. The summed E-state index contributed by atoms with van der Waals surface area (Å²) in [5, 5.41) is 0. The zero-order chi connectivity index (χ0) is 19.3. The summed E-state index contributed by atoms with van der Waals surface area (Å²) in [6, 6.07) is 25.2. The first-order chi connectivity index (χ1) is 13.8. The van der Waals surface area contributed by atoms with Crippen LogP contribution in [0.15, 0.2) is 84.9 Å². The minimum atomic E-state index is -0.455. The van der Waals surface area contributed by atoms with Gasteiger partial charge in [0.2, 0.25) is 0 Å². The summed E-state index contributed by atoms with van der Waals surface area (Å²) in [4.78, 5) is 14.9. The van der Waals surface area contributed by atoms with Crippen LogP contribution in [-0.2, 0) is 16.1 Å². The Balaban J connectivity index is 1.66. The van der Waals surface area contributed by atoms with E-state index in [1.807, 2.05) is 78.9 Å². The van der Waals surface area contributed by atoms with Gasteiger partial charge in [0, 0.05) is 17.2 Å². The molecule has 4 nitrogen and oxygen atoms in total.